The van der Waals surface area contributed by atoms with E-state index in [1.165, 1.54) is 0 Å². The van der Waals surface area contributed by atoms with Crippen LogP contribution in [0.25, 0.3) is 0 Å². The molecule has 17 heavy (non-hydrogen) atoms. The van der Waals surface area contributed by atoms with Crippen molar-refractivity contribution in [3.8, 4) is 0 Å². The van der Waals surface area contributed by atoms with Crippen LogP contribution in [0, 0.1) is 5.92 Å². The zero-order valence-corrected chi connectivity index (χ0v) is 10.3. The number of rotatable bonds is 4. The predicted octanol–water partition coefficient (Wildman–Crippen LogP) is 1.77. The Hall–Kier alpha value is -1.06. The quantitative estimate of drug-likeness (QED) is 0.859. The van der Waals surface area contributed by atoms with E-state index in [4.69, 9.17) is 16.7 Å². The monoisotopic (exact) mass is 253 g/mol. The summed E-state index contributed by atoms with van der Waals surface area (Å²) in [6.45, 7) is 0.670. The fraction of sp³-hybridized carbons (Fsp3) is 0.462. The highest BCUT2D eigenvalue weighted by atomic mass is 35.5. The Morgan fingerprint density at radius 2 is 2.00 bits per heavy atom. The Balaban J connectivity index is 1.71. The summed E-state index contributed by atoms with van der Waals surface area (Å²) in [5.74, 6) is 0.466. The molecule has 0 unspecified atom stereocenters. The van der Waals surface area contributed by atoms with Gasteiger partial charge < -0.3 is 10.4 Å². The molecule has 0 bridgehead atoms. The molecule has 92 valence electrons. The average Bonchev–Trinajstić information content (AvgIpc) is 2.26. The minimum Gasteiger partial charge on any atom is -0.393 e. The van der Waals surface area contributed by atoms with Crippen LogP contribution in [0.1, 0.15) is 18.4 Å². The van der Waals surface area contributed by atoms with Gasteiger partial charge in [-0.3, -0.25) is 4.79 Å². The number of carbonyl (C=O) groups is 1. The number of carbonyl (C=O) groups excluding carboxylic acids is 1. The molecule has 1 aromatic carbocycles. The molecule has 2 N–H and O–H groups in total. The highest BCUT2D eigenvalue weighted by Gasteiger charge is 2.26. The summed E-state index contributed by atoms with van der Waals surface area (Å²) < 4.78 is 0. The van der Waals surface area contributed by atoms with Crippen LogP contribution in [-0.4, -0.2) is 23.7 Å². The molecule has 1 amide bonds. The van der Waals surface area contributed by atoms with Crippen molar-refractivity contribution in [1.29, 1.82) is 0 Å². The van der Waals surface area contributed by atoms with E-state index in [0.717, 1.165) is 18.4 Å². The number of nitrogens with one attached hydrogen (secondary N) is 1. The van der Waals surface area contributed by atoms with Crippen molar-refractivity contribution in [2.24, 2.45) is 5.92 Å². The smallest absolute Gasteiger partial charge is 0.224 e. The first-order valence-corrected chi connectivity index (χ1v) is 6.20. The van der Waals surface area contributed by atoms with Gasteiger partial charge in [-0.15, -0.1) is 0 Å². The molecule has 2 rings (SSSR count). The van der Waals surface area contributed by atoms with E-state index in [1.807, 2.05) is 12.1 Å². The lowest BCUT2D eigenvalue weighted by molar-refractivity contribution is -0.121. The lowest BCUT2D eigenvalue weighted by atomic mass is 9.82. The minimum absolute atomic E-state index is 0.0220. The topological polar surface area (TPSA) is 49.3 Å². The number of halogens is 1. The molecular formula is C13H16ClNO2. The molecule has 3 nitrogen and oxygen atoms in total. The van der Waals surface area contributed by atoms with Crippen molar-refractivity contribution in [2.45, 2.75) is 25.4 Å². The average molecular weight is 254 g/mol. The van der Waals surface area contributed by atoms with Crippen LogP contribution in [0.15, 0.2) is 24.3 Å². The number of hydrogen-bond donors (Lipinski definition) is 2. The minimum atomic E-state index is -0.159. The van der Waals surface area contributed by atoms with E-state index in [0.29, 0.717) is 23.9 Å². The second-order valence-corrected chi connectivity index (χ2v) is 5.04. The first-order valence-electron chi connectivity index (χ1n) is 5.82. The second kappa shape index (κ2) is 5.52. The first kappa shape index (κ1) is 12.4. The number of amides is 1. The Bertz CT molecular complexity index is 385. The SMILES string of the molecule is O=C(Cc1ccc(Cl)cc1)NCC1CC(O)C1. The standard InChI is InChI=1S/C13H16ClNO2/c14-11-3-1-9(2-4-11)7-13(17)15-8-10-5-12(16)6-10/h1-4,10,12,16H,5-8H2,(H,15,17). The van der Waals surface area contributed by atoms with E-state index in [9.17, 15) is 4.79 Å². The van der Waals surface area contributed by atoms with Gasteiger partial charge in [0.2, 0.25) is 5.91 Å². The molecule has 0 aliphatic heterocycles. The second-order valence-electron chi connectivity index (χ2n) is 4.60. The highest BCUT2D eigenvalue weighted by Crippen LogP contribution is 2.26. The van der Waals surface area contributed by atoms with Gasteiger partial charge in [0.05, 0.1) is 12.5 Å². The van der Waals surface area contributed by atoms with Crippen LogP contribution < -0.4 is 5.32 Å². The van der Waals surface area contributed by atoms with Gasteiger partial charge in [0, 0.05) is 11.6 Å². The Labute approximate surface area is 106 Å². The summed E-state index contributed by atoms with van der Waals surface area (Å²) in [5.41, 5.74) is 0.959. The Kier molecular flexibility index (Phi) is 4.02. The predicted molar refractivity (Wildman–Crippen MR) is 66.9 cm³/mol. The molecule has 1 aromatic rings. The number of hydrogen-bond acceptors (Lipinski definition) is 2. The van der Waals surface area contributed by atoms with Crippen LogP contribution in [0.2, 0.25) is 5.02 Å². The van der Waals surface area contributed by atoms with E-state index in [-0.39, 0.29) is 12.0 Å². The van der Waals surface area contributed by atoms with Gasteiger partial charge in [-0.05, 0) is 36.5 Å². The van der Waals surface area contributed by atoms with Gasteiger partial charge in [-0.25, -0.2) is 0 Å². The number of benzene rings is 1. The van der Waals surface area contributed by atoms with Crippen molar-refractivity contribution in [3.63, 3.8) is 0 Å². The zero-order valence-electron chi connectivity index (χ0n) is 9.53. The van der Waals surface area contributed by atoms with Crippen LogP contribution in [0.3, 0.4) is 0 Å². The first-order chi connectivity index (χ1) is 8.13. The molecule has 0 radical (unpaired) electrons. The Morgan fingerprint density at radius 3 is 2.59 bits per heavy atom. The van der Waals surface area contributed by atoms with E-state index >= 15 is 0 Å². The molecule has 1 saturated carbocycles. The van der Waals surface area contributed by atoms with Gasteiger partial charge in [-0.1, -0.05) is 23.7 Å². The van der Waals surface area contributed by atoms with Gasteiger partial charge >= 0.3 is 0 Å². The molecule has 0 atom stereocenters. The number of aliphatic hydroxyl groups is 1. The molecule has 0 heterocycles. The summed E-state index contributed by atoms with van der Waals surface area (Å²) in [7, 11) is 0. The third-order valence-corrected chi connectivity index (χ3v) is 3.33. The van der Waals surface area contributed by atoms with Crippen molar-refractivity contribution < 1.29 is 9.90 Å². The van der Waals surface area contributed by atoms with Crippen LogP contribution in [0.4, 0.5) is 0 Å². The molecule has 0 aromatic heterocycles. The van der Waals surface area contributed by atoms with Crippen LogP contribution >= 0.6 is 11.6 Å². The van der Waals surface area contributed by atoms with Crippen molar-refractivity contribution in [2.75, 3.05) is 6.54 Å². The van der Waals surface area contributed by atoms with Crippen molar-refractivity contribution in [3.05, 3.63) is 34.9 Å². The lowest BCUT2D eigenvalue weighted by Crippen LogP contribution is -2.38. The normalized spacial score (nSPS) is 22.9. The van der Waals surface area contributed by atoms with Crippen LogP contribution in [-0.2, 0) is 11.2 Å². The maximum absolute atomic E-state index is 11.6. The lowest BCUT2D eigenvalue weighted by Gasteiger charge is -2.31. The summed E-state index contributed by atoms with van der Waals surface area (Å²) in [6, 6.07) is 7.28. The third kappa shape index (κ3) is 3.72. The molecule has 0 spiro atoms. The summed E-state index contributed by atoms with van der Waals surface area (Å²) in [5, 5.41) is 12.7. The molecule has 1 aliphatic rings. The van der Waals surface area contributed by atoms with Gasteiger partial charge in [-0.2, -0.15) is 0 Å². The zero-order chi connectivity index (χ0) is 12.3. The van der Waals surface area contributed by atoms with E-state index in [2.05, 4.69) is 5.32 Å². The fourth-order valence-corrected chi connectivity index (χ4v) is 2.10. The molecular weight excluding hydrogens is 238 g/mol. The molecule has 0 saturated heterocycles. The highest BCUT2D eigenvalue weighted by molar-refractivity contribution is 6.30. The summed E-state index contributed by atoms with van der Waals surface area (Å²) >= 11 is 5.77. The van der Waals surface area contributed by atoms with Crippen molar-refractivity contribution >= 4 is 17.5 Å². The number of aliphatic hydroxyl groups excluding tert-OH is 1. The van der Waals surface area contributed by atoms with Gasteiger partial charge in [0.1, 0.15) is 0 Å². The largest absolute Gasteiger partial charge is 0.393 e. The summed E-state index contributed by atoms with van der Waals surface area (Å²) in [4.78, 5) is 11.6. The fourth-order valence-electron chi connectivity index (χ4n) is 1.98. The van der Waals surface area contributed by atoms with Crippen molar-refractivity contribution in [1.82, 2.24) is 5.32 Å². The molecule has 1 fully saturated rings. The van der Waals surface area contributed by atoms with Gasteiger partial charge in [0.25, 0.3) is 0 Å². The van der Waals surface area contributed by atoms with Crippen LogP contribution in [0.5, 0.6) is 0 Å². The maximum Gasteiger partial charge on any atom is 0.224 e. The Morgan fingerprint density at radius 1 is 1.35 bits per heavy atom. The third-order valence-electron chi connectivity index (χ3n) is 3.08. The van der Waals surface area contributed by atoms with E-state index in [1.54, 1.807) is 12.1 Å². The summed E-state index contributed by atoms with van der Waals surface area (Å²) in [6.07, 6.45) is 1.84. The molecule has 1 aliphatic carbocycles. The molecule has 4 heteroatoms. The van der Waals surface area contributed by atoms with E-state index < -0.39 is 0 Å². The van der Waals surface area contributed by atoms with Gasteiger partial charge in [0.15, 0.2) is 0 Å². The maximum atomic E-state index is 11.6.